The highest BCUT2D eigenvalue weighted by atomic mass is 16.5. The Labute approximate surface area is 137 Å². The van der Waals surface area contributed by atoms with E-state index in [1.165, 1.54) is 43.1 Å². The lowest BCUT2D eigenvalue weighted by molar-refractivity contribution is -0.115. The predicted octanol–water partition coefficient (Wildman–Crippen LogP) is 3.92. The molecule has 0 N–H and O–H groups in total. The number of rotatable bonds is 2. The summed E-state index contributed by atoms with van der Waals surface area (Å²) in [7, 11) is 1.78. The number of ether oxygens (including phenoxy) is 1. The van der Waals surface area contributed by atoms with Crippen molar-refractivity contribution in [2.45, 2.75) is 50.7 Å². The average molecular weight is 308 g/mol. The summed E-state index contributed by atoms with van der Waals surface area (Å²) in [6.45, 7) is 3.65. The van der Waals surface area contributed by atoms with Crippen molar-refractivity contribution in [3.05, 3.63) is 29.5 Å². The first-order valence-electron chi connectivity index (χ1n) is 9.28. The Morgan fingerprint density at radius 1 is 1.26 bits per heavy atom. The van der Waals surface area contributed by atoms with Crippen LogP contribution in [0.2, 0.25) is 0 Å². The van der Waals surface area contributed by atoms with Crippen molar-refractivity contribution in [3.63, 3.8) is 0 Å². The zero-order chi connectivity index (χ0) is 15.3. The second-order valence-corrected chi connectivity index (χ2v) is 8.02. The van der Waals surface area contributed by atoms with Crippen LogP contribution in [0.3, 0.4) is 0 Å². The fourth-order valence-corrected chi connectivity index (χ4v) is 6.63. The van der Waals surface area contributed by atoms with Crippen LogP contribution in [-0.4, -0.2) is 29.2 Å². The zero-order valence-corrected chi connectivity index (χ0v) is 14.0. The summed E-state index contributed by atoms with van der Waals surface area (Å²) in [5.41, 5.74) is 4.79. The minimum Gasteiger partial charge on any atom is -0.497 e. The monoisotopic (exact) mass is 308 g/mol. The molecular weight excluding hydrogens is 284 g/mol. The molecule has 6 unspecified atom stereocenters. The van der Waals surface area contributed by atoms with Crippen molar-refractivity contribution in [2.24, 2.45) is 11.8 Å². The van der Waals surface area contributed by atoms with E-state index in [1.807, 2.05) is 0 Å². The Morgan fingerprint density at radius 3 is 3.00 bits per heavy atom. The van der Waals surface area contributed by atoms with Gasteiger partial charge in [-0.05, 0) is 54.9 Å². The van der Waals surface area contributed by atoms with Crippen LogP contribution >= 0.6 is 0 Å². The summed E-state index contributed by atoms with van der Waals surface area (Å²) < 4.78 is 8.24. The topological polar surface area (TPSA) is 17.4 Å². The first kappa shape index (κ1) is 12.9. The molecule has 3 heteroatoms. The quantitative estimate of drug-likeness (QED) is 0.836. The van der Waals surface area contributed by atoms with E-state index in [9.17, 15) is 0 Å². The van der Waals surface area contributed by atoms with Crippen LogP contribution in [0, 0.1) is 11.8 Å². The summed E-state index contributed by atoms with van der Waals surface area (Å²) in [6.07, 6.45) is 6.09. The van der Waals surface area contributed by atoms with Crippen molar-refractivity contribution in [1.29, 1.82) is 0 Å². The van der Waals surface area contributed by atoms with E-state index < -0.39 is 0 Å². The van der Waals surface area contributed by atoms with Crippen LogP contribution in [-0.2, 0) is 6.42 Å². The standard InChI is InChI=1S/C20H24N2O/c1-3-11-8-12-9-16-18(11)21-7-6-14-15-10-13(23-2)4-5-17(15)22(19(14)16)20(12)21/h4-5,10-12,16,18,20H,3,6-9H2,1-2H3. The third-order valence-corrected chi connectivity index (χ3v) is 7.32. The van der Waals surface area contributed by atoms with E-state index in [0.29, 0.717) is 6.17 Å². The van der Waals surface area contributed by atoms with Crippen LogP contribution in [0.4, 0.5) is 0 Å². The Kier molecular flexibility index (Phi) is 2.31. The largest absolute Gasteiger partial charge is 0.497 e. The lowest BCUT2D eigenvalue weighted by atomic mass is 9.62. The van der Waals surface area contributed by atoms with Gasteiger partial charge in [0.15, 0.2) is 0 Å². The normalized spacial score (nSPS) is 39.2. The lowest BCUT2D eigenvalue weighted by Crippen LogP contribution is -2.62. The third kappa shape index (κ3) is 1.34. The number of aromatic nitrogens is 1. The van der Waals surface area contributed by atoms with Gasteiger partial charge < -0.3 is 9.30 Å². The average Bonchev–Trinajstić information content (AvgIpc) is 2.73. The van der Waals surface area contributed by atoms with Gasteiger partial charge in [0.2, 0.25) is 0 Å². The molecule has 2 saturated heterocycles. The molecule has 6 atom stereocenters. The number of nitrogens with zero attached hydrogens (tertiary/aromatic N) is 2. The number of piperidine rings is 2. The fourth-order valence-electron chi connectivity index (χ4n) is 6.63. The van der Waals surface area contributed by atoms with Gasteiger partial charge in [-0.3, -0.25) is 4.90 Å². The summed E-state index contributed by atoms with van der Waals surface area (Å²) >= 11 is 0. The molecule has 0 radical (unpaired) electrons. The minimum atomic E-state index is 0.634. The van der Waals surface area contributed by atoms with Gasteiger partial charge in [-0.25, -0.2) is 0 Å². The Morgan fingerprint density at radius 2 is 2.17 bits per heavy atom. The number of fused-ring (bicyclic) bond motifs is 3. The van der Waals surface area contributed by atoms with E-state index in [2.05, 4.69) is 34.6 Å². The highest BCUT2D eigenvalue weighted by molar-refractivity contribution is 5.88. The molecule has 1 aromatic heterocycles. The second-order valence-electron chi connectivity index (χ2n) is 8.02. The van der Waals surface area contributed by atoms with Gasteiger partial charge >= 0.3 is 0 Å². The number of methoxy groups -OCH3 is 1. The summed E-state index contributed by atoms with van der Waals surface area (Å²) in [6, 6.07) is 7.54. The molecule has 0 amide bonds. The molecule has 1 aliphatic carbocycles. The third-order valence-electron chi connectivity index (χ3n) is 7.32. The van der Waals surface area contributed by atoms with E-state index in [0.717, 1.165) is 29.5 Å². The maximum Gasteiger partial charge on any atom is 0.119 e. The van der Waals surface area contributed by atoms with Gasteiger partial charge in [-0.15, -0.1) is 0 Å². The highest BCUT2D eigenvalue weighted by Crippen LogP contribution is 2.62. The second kappa shape index (κ2) is 4.13. The molecule has 3 fully saturated rings. The molecule has 9 rings (SSSR count). The molecule has 23 heavy (non-hydrogen) atoms. The van der Waals surface area contributed by atoms with Crippen molar-refractivity contribution in [2.75, 3.05) is 13.7 Å². The first-order chi connectivity index (χ1) is 11.3. The molecule has 7 heterocycles. The van der Waals surface area contributed by atoms with E-state index in [4.69, 9.17) is 4.74 Å². The van der Waals surface area contributed by atoms with Crippen molar-refractivity contribution in [1.82, 2.24) is 9.47 Å². The minimum absolute atomic E-state index is 0.634. The predicted molar refractivity (Wildman–Crippen MR) is 91.0 cm³/mol. The maximum absolute atomic E-state index is 5.51. The molecule has 6 aliphatic heterocycles. The summed E-state index contributed by atoms with van der Waals surface area (Å²) in [4.78, 5) is 2.89. The van der Waals surface area contributed by atoms with Crippen molar-refractivity contribution < 1.29 is 4.74 Å². The van der Waals surface area contributed by atoms with Crippen LogP contribution in [0.1, 0.15) is 49.5 Å². The smallest absolute Gasteiger partial charge is 0.119 e. The van der Waals surface area contributed by atoms with Crippen LogP contribution in [0.15, 0.2) is 18.2 Å². The van der Waals surface area contributed by atoms with E-state index in [-0.39, 0.29) is 0 Å². The molecule has 3 nitrogen and oxygen atoms in total. The van der Waals surface area contributed by atoms with E-state index >= 15 is 0 Å². The van der Waals surface area contributed by atoms with Crippen LogP contribution < -0.4 is 4.74 Å². The molecular formula is C20H24N2O. The SMILES string of the molecule is CCC1CC2CC3c4c5c6cc(OC)ccc6n4C2N(CC5)C13. The Balaban J connectivity index is 1.67. The van der Waals surface area contributed by atoms with Gasteiger partial charge in [0, 0.05) is 29.6 Å². The zero-order valence-electron chi connectivity index (χ0n) is 14.0. The van der Waals surface area contributed by atoms with Gasteiger partial charge in [-0.2, -0.15) is 0 Å². The number of benzene rings is 1. The van der Waals surface area contributed by atoms with Gasteiger partial charge in [0.1, 0.15) is 5.75 Å². The Hall–Kier alpha value is -1.48. The number of hydrogen-bond acceptors (Lipinski definition) is 2. The van der Waals surface area contributed by atoms with Gasteiger partial charge in [0.25, 0.3) is 0 Å². The molecule has 8 bridgehead atoms. The van der Waals surface area contributed by atoms with Gasteiger partial charge in [0.05, 0.1) is 18.8 Å². The fraction of sp³-hybridized carbons (Fsp3) is 0.600. The molecule has 1 aromatic carbocycles. The molecule has 7 aliphatic rings. The maximum atomic E-state index is 5.51. The Bertz CT molecular complexity index is 823. The summed E-state index contributed by atoms with van der Waals surface area (Å²) in [5, 5.41) is 1.46. The van der Waals surface area contributed by atoms with Crippen molar-refractivity contribution >= 4 is 10.9 Å². The molecule has 120 valence electrons. The molecule has 1 saturated carbocycles. The molecule has 2 aromatic rings. The highest BCUT2D eigenvalue weighted by Gasteiger charge is 2.58. The first-order valence-corrected chi connectivity index (χ1v) is 9.28. The van der Waals surface area contributed by atoms with Crippen LogP contribution in [0.25, 0.3) is 10.9 Å². The lowest BCUT2D eigenvalue weighted by Gasteiger charge is -2.62. The molecule has 0 spiro atoms. The number of hydrogen-bond donors (Lipinski definition) is 0. The van der Waals surface area contributed by atoms with Crippen LogP contribution in [0.5, 0.6) is 5.75 Å². The van der Waals surface area contributed by atoms with Crippen molar-refractivity contribution in [3.8, 4) is 5.75 Å². The van der Waals surface area contributed by atoms with Gasteiger partial charge in [-0.1, -0.05) is 13.3 Å². The van der Waals surface area contributed by atoms with E-state index in [1.54, 1.807) is 18.4 Å². The summed E-state index contributed by atoms with van der Waals surface area (Å²) in [5.74, 6) is 3.56.